The molecule has 1 aliphatic rings. The summed E-state index contributed by atoms with van der Waals surface area (Å²) in [5.41, 5.74) is 1.46. The lowest BCUT2D eigenvalue weighted by Crippen LogP contribution is -2.26. The first kappa shape index (κ1) is 12.2. The highest BCUT2D eigenvalue weighted by Crippen LogP contribution is 2.24. The number of rotatable bonds is 3. The van der Waals surface area contributed by atoms with Crippen molar-refractivity contribution in [3.63, 3.8) is 0 Å². The molecule has 1 aliphatic heterocycles. The van der Waals surface area contributed by atoms with E-state index in [0.717, 1.165) is 25.3 Å². The molecule has 0 radical (unpaired) electrons. The summed E-state index contributed by atoms with van der Waals surface area (Å²) in [6, 6.07) is 7.82. The lowest BCUT2D eigenvalue weighted by molar-refractivity contribution is 0.183. The third-order valence-corrected chi connectivity index (χ3v) is 3.47. The molecular weight excluding hydrogens is 236 g/mol. The van der Waals surface area contributed by atoms with Crippen LogP contribution in [0.4, 0.5) is 5.69 Å². The number of ether oxygens (including phenoxy) is 1. The topological polar surface area (TPSA) is 45.0 Å². The van der Waals surface area contributed by atoms with Gasteiger partial charge in [0, 0.05) is 24.3 Å². The molecule has 1 aromatic carbocycles. The minimum Gasteiger partial charge on any atom is -0.382 e. The highest BCUT2D eigenvalue weighted by atomic mass is 35.5. The van der Waals surface area contributed by atoms with Crippen LogP contribution >= 0.6 is 11.6 Å². The molecule has 0 bridgehead atoms. The zero-order chi connectivity index (χ0) is 12.3. The van der Waals surface area contributed by atoms with Gasteiger partial charge in [-0.25, -0.2) is 0 Å². The molecule has 3 nitrogen and oxygen atoms in total. The quantitative estimate of drug-likeness (QED) is 0.897. The van der Waals surface area contributed by atoms with E-state index < -0.39 is 0 Å². The van der Waals surface area contributed by atoms with Gasteiger partial charge >= 0.3 is 0 Å². The Morgan fingerprint density at radius 1 is 1.59 bits per heavy atom. The number of halogens is 1. The Hall–Kier alpha value is -1.24. The molecule has 0 aliphatic carbocycles. The normalized spacial score (nSPS) is 20.9. The van der Waals surface area contributed by atoms with Gasteiger partial charge in [0.15, 0.2) is 0 Å². The molecule has 0 amide bonds. The highest BCUT2D eigenvalue weighted by Gasteiger charge is 2.22. The second-order valence-electron chi connectivity index (χ2n) is 4.36. The maximum atomic E-state index is 8.79. The van der Waals surface area contributed by atoms with Crippen LogP contribution in [-0.2, 0) is 4.74 Å². The monoisotopic (exact) mass is 250 g/mol. The lowest BCUT2D eigenvalue weighted by Gasteiger charge is -2.20. The molecule has 1 saturated heterocycles. The van der Waals surface area contributed by atoms with Gasteiger partial charge in [0.2, 0.25) is 0 Å². The number of nitrogens with one attached hydrogen (secondary N) is 1. The number of hydrogen-bond acceptors (Lipinski definition) is 3. The van der Waals surface area contributed by atoms with Crippen molar-refractivity contribution >= 4 is 17.3 Å². The third kappa shape index (κ3) is 2.91. The summed E-state index contributed by atoms with van der Waals surface area (Å²) in [5, 5.41) is 12.7. The summed E-state index contributed by atoms with van der Waals surface area (Å²) in [6.07, 6.45) is 1.10. The fourth-order valence-corrected chi connectivity index (χ4v) is 2.25. The van der Waals surface area contributed by atoms with Gasteiger partial charge < -0.3 is 10.1 Å². The SMILES string of the molecule is CC(Nc1ccc(C#N)c(Cl)c1)C1CCOC1. The summed E-state index contributed by atoms with van der Waals surface area (Å²) in [7, 11) is 0. The molecule has 2 atom stereocenters. The van der Waals surface area contributed by atoms with Crippen LogP contribution in [-0.4, -0.2) is 19.3 Å². The zero-order valence-corrected chi connectivity index (χ0v) is 10.5. The first-order valence-corrected chi connectivity index (χ1v) is 6.12. The van der Waals surface area contributed by atoms with Gasteiger partial charge in [-0.15, -0.1) is 0 Å². The number of benzene rings is 1. The fourth-order valence-electron chi connectivity index (χ4n) is 2.02. The van der Waals surface area contributed by atoms with Crippen molar-refractivity contribution < 1.29 is 4.74 Å². The fraction of sp³-hybridized carbons (Fsp3) is 0.462. The minimum absolute atomic E-state index is 0.349. The molecule has 1 fully saturated rings. The standard InChI is InChI=1S/C13H15ClN2O/c1-9(11-4-5-17-8-11)16-12-3-2-10(7-15)13(14)6-12/h2-3,6,9,11,16H,4-5,8H2,1H3. The van der Waals surface area contributed by atoms with E-state index in [2.05, 4.69) is 18.3 Å². The van der Waals surface area contributed by atoms with E-state index in [9.17, 15) is 0 Å². The number of anilines is 1. The third-order valence-electron chi connectivity index (χ3n) is 3.16. The van der Waals surface area contributed by atoms with E-state index >= 15 is 0 Å². The van der Waals surface area contributed by atoms with Crippen molar-refractivity contribution in [1.29, 1.82) is 5.26 Å². The highest BCUT2D eigenvalue weighted by molar-refractivity contribution is 6.32. The van der Waals surface area contributed by atoms with Crippen molar-refractivity contribution in [2.24, 2.45) is 5.92 Å². The van der Waals surface area contributed by atoms with Gasteiger partial charge in [-0.05, 0) is 31.5 Å². The van der Waals surface area contributed by atoms with Gasteiger partial charge in [-0.3, -0.25) is 0 Å². The van der Waals surface area contributed by atoms with Crippen LogP contribution in [0.3, 0.4) is 0 Å². The van der Waals surface area contributed by atoms with Crippen molar-refractivity contribution in [3.8, 4) is 6.07 Å². The molecule has 1 heterocycles. The predicted octanol–water partition coefficient (Wildman–Crippen LogP) is 3.05. The maximum absolute atomic E-state index is 8.79. The number of hydrogen-bond donors (Lipinski definition) is 1. The van der Waals surface area contributed by atoms with Gasteiger partial charge in [-0.2, -0.15) is 5.26 Å². The Kier molecular flexibility index (Phi) is 3.88. The molecule has 2 rings (SSSR count). The second-order valence-corrected chi connectivity index (χ2v) is 4.77. The number of nitrogens with zero attached hydrogens (tertiary/aromatic N) is 1. The van der Waals surface area contributed by atoms with Crippen LogP contribution in [0, 0.1) is 17.2 Å². The van der Waals surface area contributed by atoms with E-state index in [4.69, 9.17) is 21.6 Å². The molecule has 2 unspecified atom stereocenters. The minimum atomic E-state index is 0.349. The maximum Gasteiger partial charge on any atom is 0.101 e. The van der Waals surface area contributed by atoms with E-state index in [1.54, 1.807) is 12.1 Å². The first-order chi connectivity index (χ1) is 8.20. The Labute approximate surface area is 106 Å². The molecule has 90 valence electrons. The molecule has 0 saturated carbocycles. The summed E-state index contributed by atoms with van der Waals surface area (Å²) in [4.78, 5) is 0. The van der Waals surface area contributed by atoms with E-state index in [-0.39, 0.29) is 0 Å². The Bertz CT molecular complexity index is 436. The average molecular weight is 251 g/mol. The predicted molar refractivity (Wildman–Crippen MR) is 68.2 cm³/mol. The Morgan fingerprint density at radius 3 is 3.00 bits per heavy atom. The van der Waals surface area contributed by atoms with Crippen LogP contribution in [0.15, 0.2) is 18.2 Å². The largest absolute Gasteiger partial charge is 0.382 e. The second kappa shape index (κ2) is 5.39. The van der Waals surface area contributed by atoms with E-state index in [1.165, 1.54) is 0 Å². The van der Waals surface area contributed by atoms with E-state index in [0.29, 0.717) is 22.5 Å². The van der Waals surface area contributed by atoms with Crippen molar-refractivity contribution in [2.75, 3.05) is 18.5 Å². The zero-order valence-electron chi connectivity index (χ0n) is 9.74. The molecule has 4 heteroatoms. The van der Waals surface area contributed by atoms with Gasteiger partial charge in [0.25, 0.3) is 0 Å². The van der Waals surface area contributed by atoms with Crippen molar-refractivity contribution in [3.05, 3.63) is 28.8 Å². The van der Waals surface area contributed by atoms with E-state index in [1.807, 2.05) is 6.07 Å². The Morgan fingerprint density at radius 2 is 2.41 bits per heavy atom. The summed E-state index contributed by atoms with van der Waals surface area (Å²) >= 11 is 5.99. The molecule has 1 aromatic rings. The summed E-state index contributed by atoms with van der Waals surface area (Å²) in [6.45, 7) is 3.81. The van der Waals surface area contributed by atoms with Gasteiger partial charge in [0.05, 0.1) is 17.2 Å². The van der Waals surface area contributed by atoms with Crippen LogP contribution in [0.25, 0.3) is 0 Å². The summed E-state index contributed by atoms with van der Waals surface area (Å²) < 4.78 is 5.37. The molecular formula is C13H15ClN2O. The van der Waals surface area contributed by atoms with Crippen molar-refractivity contribution in [1.82, 2.24) is 0 Å². The van der Waals surface area contributed by atoms with Crippen molar-refractivity contribution in [2.45, 2.75) is 19.4 Å². The first-order valence-electron chi connectivity index (χ1n) is 5.74. The molecule has 0 spiro atoms. The molecule has 17 heavy (non-hydrogen) atoms. The van der Waals surface area contributed by atoms with Crippen LogP contribution in [0.5, 0.6) is 0 Å². The van der Waals surface area contributed by atoms with Crippen LogP contribution in [0.2, 0.25) is 5.02 Å². The van der Waals surface area contributed by atoms with Crippen LogP contribution in [0.1, 0.15) is 18.9 Å². The lowest BCUT2D eigenvalue weighted by atomic mass is 10.0. The van der Waals surface area contributed by atoms with Gasteiger partial charge in [-0.1, -0.05) is 11.6 Å². The average Bonchev–Trinajstić information content (AvgIpc) is 2.82. The van der Waals surface area contributed by atoms with Gasteiger partial charge in [0.1, 0.15) is 6.07 Å². The molecule has 1 N–H and O–H groups in total. The summed E-state index contributed by atoms with van der Waals surface area (Å²) in [5.74, 6) is 0.546. The Balaban J connectivity index is 2.03. The smallest absolute Gasteiger partial charge is 0.101 e. The van der Waals surface area contributed by atoms with Crippen LogP contribution < -0.4 is 5.32 Å². The number of nitriles is 1. The molecule has 0 aromatic heterocycles.